The quantitative estimate of drug-likeness (QED) is 0.634. The van der Waals surface area contributed by atoms with Crippen molar-refractivity contribution in [1.82, 2.24) is 10.3 Å². The molecule has 0 aliphatic carbocycles. The van der Waals surface area contributed by atoms with E-state index >= 15 is 0 Å². The molecule has 2 aromatic carbocycles. The van der Waals surface area contributed by atoms with Gasteiger partial charge in [0.25, 0.3) is 5.91 Å². The van der Waals surface area contributed by atoms with E-state index in [1.807, 2.05) is 42.5 Å². The zero-order valence-corrected chi connectivity index (χ0v) is 16.6. The van der Waals surface area contributed by atoms with Crippen LogP contribution in [0.3, 0.4) is 0 Å². The van der Waals surface area contributed by atoms with Gasteiger partial charge >= 0.3 is 0 Å². The summed E-state index contributed by atoms with van der Waals surface area (Å²) >= 11 is 7.29. The van der Waals surface area contributed by atoms with Gasteiger partial charge in [-0.3, -0.25) is 4.79 Å². The number of benzene rings is 2. The number of rotatable bonds is 7. The number of hydrogen-bond acceptors (Lipinski definition) is 5. The van der Waals surface area contributed by atoms with Crippen LogP contribution in [0.15, 0.2) is 47.8 Å². The molecule has 1 heterocycles. The fourth-order valence-corrected chi connectivity index (χ4v) is 3.46. The standard InChI is InChI=1S/C20H19ClN2O3S/c1-25-17-8-5-14(11-18(17)26-2)20-23-16(12-27-20)19(24)22-10-9-13-3-6-15(21)7-4-13/h3-8,11-12H,9-10H2,1-2H3,(H,22,24). The summed E-state index contributed by atoms with van der Waals surface area (Å²) in [7, 11) is 3.18. The van der Waals surface area contributed by atoms with Crippen LogP contribution in [0, 0.1) is 0 Å². The molecule has 0 unspecified atom stereocenters. The van der Waals surface area contributed by atoms with Crippen molar-refractivity contribution in [2.24, 2.45) is 0 Å². The van der Waals surface area contributed by atoms with Crippen molar-refractivity contribution in [3.05, 3.63) is 64.1 Å². The molecule has 1 aromatic heterocycles. The van der Waals surface area contributed by atoms with Crippen molar-refractivity contribution >= 4 is 28.8 Å². The molecule has 0 fully saturated rings. The van der Waals surface area contributed by atoms with Gasteiger partial charge in [0.2, 0.25) is 0 Å². The lowest BCUT2D eigenvalue weighted by atomic mass is 10.1. The number of carbonyl (C=O) groups excluding carboxylic acids is 1. The molecule has 140 valence electrons. The second-order valence-electron chi connectivity index (χ2n) is 5.74. The Labute approximate surface area is 166 Å². The Morgan fingerprint density at radius 3 is 2.56 bits per heavy atom. The number of methoxy groups -OCH3 is 2. The highest BCUT2D eigenvalue weighted by molar-refractivity contribution is 7.13. The molecular formula is C20H19ClN2O3S. The third-order valence-corrected chi connectivity index (χ3v) is 5.12. The topological polar surface area (TPSA) is 60.5 Å². The van der Waals surface area contributed by atoms with Gasteiger partial charge in [-0.05, 0) is 42.3 Å². The van der Waals surface area contributed by atoms with Crippen LogP contribution >= 0.6 is 22.9 Å². The zero-order chi connectivity index (χ0) is 19.2. The summed E-state index contributed by atoms with van der Waals surface area (Å²) in [5, 5.41) is 6.10. The largest absolute Gasteiger partial charge is 0.493 e. The van der Waals surface area contributed by atoms with Crippen LogP contribution in [0.4, 0.5) is 0 Å². The molecule has 27 heavy (non-hydrogen) atoms. The number of aromatic nitrogens is 1. The fraction of sp³-hybridized carbons (Fsp3) is 0.200. The van der Waals surface area contributed by atoms with Gasteiger partial charge < -0.3 is 14.8 Å². The summed E-state index contributed by atoms with van der Waals surface area (Å²) in [5.74, 6) is 1.09. The first-order valence-electron chi connectivity index (χ1n) is 8.31. The van der Waals surface area contributed by atoms with Crippen LogP contribution in [0.5, 0.6) is 11.5 Å². The second-order valence-corrected chi connectivity index (χ2v) is 7.03. The summed E-state index contributed by atoms with van der Waals surface area (Å²) in [6.45, 7) is 0.531. The molecule has 0 spiro atoms. The summed E-state index contributed by atoms with van der Waals surface area (Å²) in [4.78, 5) is 16.8. The van der Waals surface area contributed by atoms with E-state index in [4.69, 9.17) is 21.1 Å². The van der Waals surface area contributed by atoms with Crippen LogP contribution in [0.2, 0.25) is 5.02 Å². The van der Waals surface area contributed by atoms with Crippen LogP contribution in [-0.4, -0.2) is 31.7 Å². The molecule has 0 saturated heterocycles. The van der Waals surface area contributed by atoms with Crippen LogP contribution in [0.25, 0.3) is 10.6 Å². The molecular weight excluding hydrogens is 384 g/mol. The van der Waals surface area contributed by atoms with E-state index in [0.717, 1.165) is 22.6 Å². The van der Waals surface area contributed by atoms with E-state index in [1.165, 1.54) is 11.3 Å². The molecule has 0 radical (unpaired) electrons. The summed E-state index contributed by atoms with van der Waals surface area (Å²) in [5.41, 5.74) is 2.39. The van der Waals surface area contributed by atoms with Crippen LogP contribution in [-0.2, 0) is 6.42 Å². The molecule has 0 bridgehead atoms. The van der Waals surface area contributed by atoms with Gasteiger partial charge in [0.05, 0.1) is 14.2 Å². The molecule has 0 atom stereocenters. The van der Waals surface area contributed by atoms with Crippen molar-refractivity contribution in [3.63, 3.8) is 0 Å². The number of amides is 1. The minimum absolute atomic E-state index is 0.188. The molecule has 3 aromatic rings. The summed E-state index contributed by atoms with van der Waals surface area (Å²) in [6, 6.07) is 13.1. The normalized spacial score (nSPS) is 10.5. The van der Waals surface area contributed by atoms with Gasteiger partial charge in [-0.1, -0.05) is 23.7 Å². The average Bonchev–Trinajstić information content (AvgIpc) is 3.19. The van der Waals surface area contributed by atoms with Crippen LogP contribution in [0.1, 0.15) is 16.1 Å². The first-order chi connectivity index (χ1) is 13.1. The highest BCUT2D eigenvalue weighted by Gasteiger charge is 2.13. The lowest BCUT2D eigenvalue weighted by Crippen LogP contribution is -2.25. The minimum Gasteiger partial charge on any atom is -0.493 e. The predicted molar refractivity (Wildman–Crippen MR) is 108 cm³/mol. The van der Waals surface area contributed by atoms with Crippen molar-refractivity contribution in [1.29, 1.82) is 0 Å². The van der Waals surface area contributed by atoms with Crippen molar-refractivity contribution in [2.75, 3.05) is 20.8 Å². The molecule has 1 amide bonds. The first-order valence-corrected chi connectivity index (χ1v) is 9.57. The average molecular weight is 403 g/mol. The predicted octanol–water partition coefficient (Wildman–Crippen LogP) is 4.45. The SMILES string of the molecule is COc1ccc(-c2nc(C(=O)NCCc3ccc(Cl)cc3)cs2)cc1OC. The van der Waals surface area contributed by atoms with Gasteiger partial charge in [0.15, 0.2) is 11.5 Å². The third kappa shape index (κ3) is 4.78. The van der Waals surface area contributed by atoms with Crippen molar-refractivity contribution < 1.29 is 14.3 Å². The molecule has 7 heteroatoms. The van der Waals surface area contributed by atoms with Crippen molar-refractivity contribution in [3.8, 4) is 22.1 Å². The van der Waals surface area contributed by atoms with E-state index in [1.54, 1.807) is 19.6 Å². The Balaban J connectivity index is 1.62. The second kappa shape index (κ2) is 8.88. The summed E-state index contributed by atoms with van der Waals surface area (Å²) < 4.78 is 10.6. The molecule has 3 rings (SSSR count). The molecule has 0 aliphatic heterocycles. The Hall–Kier alpha value is -2.57. The fourth-order valence-electron chi connectivity index (χ4n) is 2.54. The Kier molecular flexibility index (Phi) is 6.32. The highest BCUT2D eigenvalue weighted by atomic mass is 35.5. The first kappa shape index (κ1) is 19.2. The number of thiazole rings is 1. The number of ether oxygens (including phenoxy) is 2. The maximum atomic E-state index is 12.3. The van der Waals surface area contributed by atoms with Gasteiger partial charge in [0, 0.05) is 22.5 Å². The smallest absolute Gasteiger partial charge is 0.270 e. The Morgan fingerprint density at radius 2 is 1.85 bits per heavy atom. The lowest BCUT2D eigenvalue weighted by Gasteiger charge is -2.08. The minimum atomic E-state index is -0.188. The van der Waals surface area contributed by atoms with E-state index in [0.29, 0.717) is 28.8 Å². The molecule has 0 saturated carbocycles. The number of nitrogens with one attached hydrogen (secondary N) is 1. The molecule has 1 N–H and O–H groups in total. The number of nitrogens with zero attached hydrogens (tertiary/aromatic N) is 1. The lowest BCUT2D eigenvalue weighted by molar-refractivity contribution is 0.0950. The van der Waals surface area contributed by atoms with E-state index < -0.39 is 0 Å². The van der Waals surface area contributed by atoms with Gasteiger partial charge in [-0.25, -0.2) is 4.98 Å². The van der Waals surface area contributed by atoms with E-state index in [2.05, 4.69) is 10.3 Å². The zero-order valence-electron chi connectivity index (χ0n) is 15.0. The number of hydrogen-bond donors (Lipinski definition) is 1. The third-order valence-electron chi connectivity index (χ3n) is 3.98. The van der Waals surface area contributed by atoms with Gasteiger partial charge in [0.1, 0.15) is 10.7 Å². The molecule has 0 aliphatic rings. The Bertz CT molecular complexity index is 925. The van der Waals surface area contributed by atoms with Gasteiger partial charge in [-0.15, -0.1) is 11.3 Å². The monoisotopic (exact) mass is 402 g/mol. The number of carbonyl (C=O) groups is 1. The highest BCUT2D eigenvalue weighted by Crippen LogP contribution is 2.33. The maximum absolute atomic E-state index is 12.3. The van der Waals surface area contributed by atoms with Crippen LogP contribution < -0.4 is 14.8 Å². The maximum Gasteiger partial charge on any atom is 0.270 e. The van der Waals surface area contributed by atoms with Crippen molar-refractivity contribution in [2.45, 2.75) is 6.42 Å². The summed E-state index contributed by atoms with van der Waals surface area (Å²) in [6.07, 6.45) is 0.732. The Morgan fingerprint density at radius 1 is 1.11 bits per heavy atom. The van der Waals surface area contributed by atoms with E-state index in [9.17, 15) is 4.79 Å². The van der Waals surface area contributed by atoms with Gasteiger partial charge in [-0.2, -0.15) is 0 Å². The van der Waals surface area contributed by atoms with E-state index in [-0.39, 0.29) is 5.91 Å². The number of halogens is 1. The molecule has 5 nitrogen and oxygen atoms in total.